The lowest BCUT2D eigenvalue weighted by Gasteiger charge is -2.12. The molecule has 2 heterocycles. The normalized spacial score (nSPS) is 11.0. The predicted octanol–water partition coefficient (Wildman–Crippen LogP) is 4.26. The number of aryl methyl sites for hydroxylation is 2. The van der Waals surface area contributed by atoms with Crippen LogP contribution in [0.3, 0.4) is 0 Å². The number of aliphatic imine (C=N–C) groups is 1. The van der Waals surface area contributed by atoms with Crippen LogP contribution in [0.1, 0.15) is 26.8 Å². The fourth-order valence-corrected chi connectivity index (χ4v) is 3.66. The summed E-state index contributed by atoms with van der Waals surface area (Å²) in [4.78, 5) is 14.4. The molecule has 0 bridgehead atoms. The molecule has 0 amide bonds. The first-order chi connectivity index (χ1) is 14.1. The molecule has 0 spiro atoms. The van der Waals surface area contributed by atoms with Crippen molar-refractivity contribution < 1.29 is 4.74 Å². The summed E-state index contributed by atoms with van der Waals surface area (Å²) in [6, 6.07) is 13.9. The second kappa shape index (κ2) is 12.5. The summed E-state index contributed by atoms with van der Waals surface area (Å²) in [6.45, 7) is 6.07. The van der Waals surface area contributed by atoms with E-state index in [4.69, 9.17) is 4.74 Å². The summed E-state index contributed by atoms with van der Waals surface area (Å²) in [7, 11) is 1.78. The van der Waals surface area contributed by atoms with Gasteiger partial charge in [0.15, 0.2) is 5.96 Å². The van der Waals surface area contributed by atoms with Gasteiger partial charge in [-0.1, -0.05) is 18.2 Å². The van der Waals surface area contributed by atoms with E-state index in [1.807, 2.05) is 36.4 Å². The van der Waals surface area contributed by atoms with Gasteiger partial charge in [0.05, 0.1) is 16.4 Å². The lowest BCUT2D eigenvalue weighted by molar-refractivity contribution is 0.301. The van der Waals surface area contributed by atoms with Crippen LogP contribution in [-0.4, -0.2) is 29.5 Å². The number of ether oxygens (including phenoxy) is 1. The number of nitrogens with one attached hydrogen (secondary N) is 2. The number of aromatic nitrogens is 2. The standard InChI is InChI=1S/C22H27N5OS.HI/c1-16-17(2)29-21(27-16)10-12-25-22(23-3)26-14-18-7-6-9-20(13-18)28-15-19-8-4-5-11-24-19;/h4-9,11,13H,10,12,14-15H2,1-3H3,(H2,23,25,26);1H. The summed E-state index contributed by atoms with van der Waals surface area (Å²) in [5.41, 5.74) is 3.15. The molecule has 3 aromatic rings. The highest BCUT2D eigenvalue weighted by molar-refractivity contribution is 14.0. The van der Waals surface area contributed by atoms with Gasteiger partial charge in [0.1, 0.15) is 12.4 Å². The zero-order valence-corrected chi connectivity index (χ0v) is 20.7. The average molecular weight is 537 g/mol. The van der Waals surface area contributed by atoms with E-state index < -0.39 is 0 Å². The number of benzene rings is 1. The number of hydrogen-bond acceptors (Lipinski definition) is 5. The van der Waals surface area contributed by atoms with Gasteiger partial charge in [0.25, 0.3) is 0 Å². The van der Waals surface area contributed by atoms with Gasteiger partial charge in [-0.25, -0.2) is 4.98 Å². The zero-order chi connectivity index (χ0) is 20.5. The number of rotatable bonds is 8. The number of pyridine rings is 1. The van der Waals surface area contributed by atoms with E-state index in [-0.39, 0.29) is 24.0 Å². The first-order valence-corrected chi connectivity index (χ1v) is 10.4. The Morgan fingerprint density at radius 3 is 2.70 bits per heavy atom. The van der Waals surface area contributed by atoms with E-state index in [9.17, 15) is 0 Å². The summed E-state index contributed by atoms with van der Waals surface area (Å²) in [6.07, 6.45) is 2.66. The van der Waals surface area contributed by atoms with Gasteiger partial charge < -0.3 is 15.4 Å². The topological polar surface area (TPSA) is 71.4 Å². The summed E-state index contributed by atoms with van der Waals surface area (Å²) < 4.78 is 5.85. The fourth-order valence-electron chi connectivity index (χ4n) is 2.73. The molecule has 3 rings (SSSR count). The SMILES string of the molecule is CN=C(NCCc1nc(C)c(C)s1)NCc1cccc(OCc2ccccn2)c1.I. The smallest absolute Gasteiger partial charge is 0.191 e. The van der Waals surface area contributed by atoms with Crippen molar-refractivity contribution in [2.45, 2.75) is 33.4 Å². The van der Waals surface area contributed by atoms with Crippen LogP contribution >= 0.6 is 35.3 Å². The minimum Gasteiger partial charge on any atom is -0.487 e. The molecule has 0 aliphatic rings. The Balaban J connectivity index is 0.00000320. The maximum absolute atomic E-state index is 5.85. The Labute approximate surface area is 199 Å². The van der Waals surface area contributed by atoms with Crippen LogP contribution in [0.4, 0.5) is 0 Å². The van der Waals surface area contributed by atoms with E-state index in [1.165, 1.54) is 4.88 Å². The first kappa shape index (κ1) is 24.1. The molecule has 0 aliphatic carbocycles. The molecule has 0 radical (unpaired) electrons. The Morgan fingerprint density at radius 1 is 1.13 bits per heavy atom. The Bertz CT molecular complexity index is 926. The quantitative estimate of drug-likeness (QED) is 0.255. The van der Waals surface area contributed by atoms with Crippen LogP contribution in [0, 0.1) is 13.8 Å². The van der Waals surface area contributed by atoms with Crippen LogP contribution in [0.15, 0.2) is 53.7 Å². The lowest BCUT2D eigenvalue weighted by atomic mass is 10.2. The van der Waals surface area contributed by atoms with Crippen molar-refractivity contribution in [2.75, 3.05) is 13.6 Å². The van der Waals surface area contributed by atoms with Crippen LogP contribution in [0.2, 0.25) is 0 Å². The summed E-state index contributed by atoms with van der Waals surface area (Å²) >= 11 is 1.76. The second-order valence-corrected chi connectivity index (χ2v) is 7.90. The van der Waals surface area contributed by atoms with E-state index in [1.54, 1.807) is 24.6 Å². The van der Waals surface area contributed by atoms with Crippen molar-refractivity contribution in [2.24, 2.45) is 4.99 Å². The lowest BCUT2D eigenvalue weighted by Crippen LogP contribution is -2.37. The molecule has 0 saturated carbocycles. The van der Waals surface area contributed by atoms with E-state index in [0.29, 0.717) is 13.2 Å². The molecule has 1 aromatic carbocycles. The summed E-state index contributed by atoms with van der Waals surface area (Å²) in [5, 5.41) is 7.84. The van der Waals surface area contributed by atoms with Crippen molar-refractivity contribution in [3.05, 3.63) is 75.5 Å². The molecule has 8 heteroatoms. The van der Waals surface area contributed by atoms with Crippen molar-refractivity contribution in [3.8, 4) is 5.75 Å². The Morgan fingerprint density at radius 2 is 2.00 bits per heavy atom. The number of nitrogens with zero attached hydrogens (tertiary/aromatic N) is 3. The fraction of sp³-hybridized carbons (Fsp3) is 0.318. The van der Waals surface area contributed by atoms with Gasteiger partial charge >= 0.3 is 0 Å². The summed E-state index contributed by atoms with van der Waals surface area (Å²) in [5.74, 6) is 1.60. The maximum Gasteiger partial charge on any atom is 0.191 e. The third-order valence-electron chi connectivity index (χ3n) is 4.40. The molecule has 0 unspecified atom stereocenters. The van der Waals surface area contributed by atoms with Gasteiger partial charge in [-0.3, -0.25) is 9.98 Å². The maximum atomic E-state index is 5.85. The molecule has 2 aromatic heterocycles. The molecule has 6 nitrogen and oxygen atoms in total. The molecule has 0 atom stereocenters. The number of halogens is 1. The highest BCUT2D eigenvalue weighted by Crippen LogP contribution is 2.16. The highest BCUT2D eigenvalue weighted by atomic mass is 127. The van der Waals surface area contributed by atoms with Gasteiger partial charge in [0.2, 0.25) is 0 Å². The molecule has 0 aliphatic heterocycles. The number of hydrogen-bond donors (Lipinski definition) is 2. The van der Waals surface area contributed by atoms with Crippen LogP contribution in [-0.2, 0) is 19.6 Å². The number of thiazole rings is 1. The number of guanidine groups is 1. The van der Waals surface area contributed by atoms with Gasteiger partial charge in [-0.2, -0.15) is 0 Å². The minimum atomic E-state index is 0. The van der Waals surface area contributed by atoms with E-state index >= 15 is 0 Å². The van der Waals surface area contributed by atoms with Crippen LogP contribution in [0.5, 0.6) is 5.75 Å². The third-order valence-corrected chi connectivity index (χ3v) is 5.53. The van der Waals surface area contributed by atoms with Crippen LogP contribution < -0.4 is 15.4 Å². The molecule has 160 valence electrons. The molecular weight excluding hydrogens is 509 g/mol. The predicted molar refractivity (Wildman–Crippen MR) is 134 cm³/mol. The minimum absolute atomic E-state index is 0. The monoisotopic (exact) mass is 537 g/mol. The highest BCUT2D eigenvalue weighted by Gasteiger charge is 2.05. The van der Waals surface area contributed by atoms with Gasteiger partial charge in [-0.15, -0.1) is 35.3 Å². The molecule has 0 saturated heterocycles. The van der Waals surface area contributed by atoms with Crippen molar-refractivity contribution in [1.82, 2.24) is 20.6 Å². The zero-order valence-electron chi connectivity index (χ0n) is 17.5. The first-order valence-electron chi connectivity index (χ1n) is 9.63. The second-order valence-electron chi connectivity index (χ2n) is 6.61. The van der Waals surface area contributed by atoms with Crippen molar-refractivity contribution >= 4 is 41.3 Å². The van der Waals surface area contributed by atoms with Gasteiger partial charge in [0, 0.05) is 37.6 Å². The van der Waals surface area contributed by atoms with Crippen molar-refractivity contribution in [3.63, 3.8) is 0 Å². The van der Waals surface area contributed by atoms with Gasteiger partial charge in [-0.05, 0) is 43.7 Å². The Kier molecular flexibility index (Phi) is 10.0. The van der Waals surface area contributed by atoms with E-state index in [0.717, 1.165) is 46.6 Å². The molecular formula is C22H28IN5OS. The Hall–Kier alpha value is -2.20. The van der Waals surface area contributed by atoms with Crippen LogP contribution in [0.25, 0.3) is 0 Å². The largest absolute Gasteiger partial charge is 0.487 e. The third kappa shape index (κ3) is 7.56. The molecule has 0 fully saturated rings. The molecule has 30 heavy (non-hydrogen) atoms. The average Bonchev–Trinajstić information content (AvgIpc) is 3.07. The van der Waals surface area contributed by atoms with E-state index in [2.05, 4.69) is 45.5 Å². The van der Waals surface area contributed by atoms with Crippen molar-refractivity contribution in [1.29, 1.82) is 0 Å². The molecule has 2 N–H and O–H groups in total.